The van der Waals surface area contributed by atoms with E-state index in [1.54, 1.807) is 9.47 Å². The monoisotopic (exact) mass is 597 g/mol. The molecule has 7 nitrogen and oxygen atoms in total. The second kappa shape index (κ2) is 13.1. The predicted octanol–water partition coefficient (Wildman–Crippen LogP) is 5.47. The number of carbonyl (C=O) groups excluding carboxylic acids is 1. The molecule has 216 valence electrons. The van der Waals surface area contributed by atoms with Crippen LogP contribution in [-0.4, -0.2) is 50.8 Å². The van der Waals surface area contributed by atoms with E-state index in [-0.39, 0.29) is 17.0 Å². The van der Waals surface area contributed by atoms with Crippen molar-refractivity contribution in [3.05, 3.63) is 103 Å². The number of hydrogen-bond acceptors (Lipinski definition) is 7. The molecule has 0 saturated carbocycles. The number of benzene rings is 2. The van der Waals surface area contributed by atoms with Gasteiger partial charge in [0.25, 0.3) is 11.5 Å². The van der Waals surface area contributed by atoms with Gasteiger partial charge in [0, 0.05) is 44.8 Å². The molecule has 3 aromatic rings. The Morgan fingerprint density at radius 2 is 1.62 bits per heavy atom. The third-order valence-corrected chi connectivity index (χ3v) is 9.20. The van der Waals surface area contributed by atoms with Gasteiger partial charge in [-0.1, -0.05) is 91.1 Å². The molecule has 2 aliphatic rings. The van der Waals surface area contributed by atoms with Crippen molar-refractivity contribution in [1.29, 1.82) is 5.26 Å². The van der Waals surface area contributed by atoms with E-state index in [2.05, 4.69) is 40.1 Å². The molecule has 5 rings (SSSR count). The molecular formula is C33H35N5O2S2. The van der Waals surface area contributed by atoms with Gasteiger partial charge in [-0.3, -0.25) is 24.0 Å². The fraction of sp³-hybridized carbons (Fsp3) is 0.333. The van der Waals surface area contributed by atoms with Crippen molar-refractivity contribution in [1.82, 2.24) is 14.4 Å². The van der Waals surface area contributed by atoms with E-state index in [9.17, 15) is 14.9 Å². The molecule has 2 fully saturated rings. The molecule has 9 heteroatoms. The number of thioether (sulfide) groups is 1. The maximum atomic E-state index is 13.6. The third kappa shape index (κ3) is 6.21. The van der Waals surface area contributed by atoms with Crippen LogP contribution in [0, 0.1) is 25.2 Å². The molecule has 3 heterocycles. The molecule has 1 aromatic heterocycles. The summed E-state index contributed by atoms with van der Waals surface area (Å²) in [6, 6.07) is 20.6. The Bertz CT molecular complexity index is 1620. The van der Waals surface area contributed by atoms with Crippen molar-refractivity contribution in [3.63, 3.8) is 0 Å². The predicted molar refractivity (Wildman–Crippen MR) is 174 cm³/mol. The maximum Gasteiger partial charge on any atom is 0.270 e. The normalized spacial score (nSPS) is 16.9. The average Bonchev–Trinajstić information content (AvgIpc) is 3.25. The molecule has 42 heavy (non-hydrogen) atoms. The molecule has 0 spiro atoms. The van der Waals surface area contributed by atoms with Gasteiger partial charge in [0.05, 0.1) is 11.4 Å². The minimum Gasteiger partial charge on any atom is -0.355 e. The highest BCUT2D eigenvalue weighted by atomic mass is 32.2. The van der Waals surface area contributed by atoms with Crippen molar-refractivity contribution < 1.29 is 4.79 Å². The Morgan fingerprint density at radius 1 is 0.952 bits per heavy atom. The Labute approximate surface area is 257 Å². The van der Waals surface area contributed by atoms with E-state index >= 15 is 0 Å². The van der Waals surface area contributed by atoms with Crippen molar-refractivity contribution >= 4 is 46.1 Å². The molecule has 0 N–H and O–H groups in total. The number of pyridine rings is 1. The summed E-state index contributed by atoms with van der Waals surface area (Å²) in [6.45, 7) is 10.8. The first kappa shape index (κ1) is 29.8. The number of anilines is 1. The Kier molecular flexibility index (Phi) is 9.27. The quantitative estimate of drug-likeness (QED) is 0.252. The van der Waals surface area contributed by atoms with Crippen LogP contribution in [0.4, 0.5) is 5.82 Å². The first-order valence-electron chi connectivity index (χ1n) is 14.3. The number of thiocarbonyl (C=S) groups is 1. The highest BCUT2D eigenvalue weighted by Gasteiger charge is 2.33. The number of aromatic nitrogens is 1. The Morgan fingerprint density at radius 3 is 2.26 bits per heavy atom. The van der Waals surface area contributed by atoms with Crippen LogP contribution in [0.3, 0.4) is 0 Å². The lowest BCUT2D eigenvalue weighted by Crippen LogP contribution is -2.48. The lowest BCUT2D eigenvalue weighted by atomic mass is 10.0. The molecule has 0 unspecified atom stereocenters. The van der Waals surface area contributed by atoms with Gasteiger partial charge in [-0.15, -0.1) is 0 Å². The summed E-state index contributed by atoms with van der Waals surface area (Å²) < 4.78 is 2.24. The lowest BCUT2D eigenvalue weighted by Gasteiger charge is -2.38. The van der Waals surface area contributed by atoms with Crippen LogP contribution in [0.25, 0.3) is 6.08 Å². The zero-order chi connectivity index (χ0) is 29.8. The maximum absolute atomic E-state index is 13.6. The molecule has 0 aliphatic carbocycles. The summed E-state index contributed by atoms with van der Waals surface area (Å²) in [5, 5.41) is 9.97. The average molecular weight is 598 g/mol. The van der Waals surface area contributed by atoms with Crippen LogP contribution < -0.4 is 10.5 Å². The van der Waals surface area contributed by atoms with Crippen molar-refractivity contribution in [3.8, 4) is 6.07 Å². The number of piperazine rings is 1. The van der Waals surface area contributed by atoms with E-state index in [0.717, 1.165) is 61.7 Å². The molecule has 0 atom stereocenters. The summed E-state index contributed by atoms with van der Waals surface area (Å²) in [6.07, 6.45) is 2.59. The van der Waals surface area contributed by atoms with Crippen LogP contribution in [0.5, 0.6) is 0 Å². The molecule has 2 aromatic carbocycles. The first-order valence-corrected chi connectivity index (χ1v) is 15.5. The van der Waals surface area contributed by atoms with Gasteiger partial charge in [-0.2, -0.15) is 5.26 Å². The van der Waals surface area contributed by atoms with Crippen LogP contribution in [-0.2, 0) is 24.4 Å². The fourth-order valence-electron chi connectivity index (χ4n) is 5.52. The van der Waals surface area contributed by atoms with Crippen LogP contribution in [0.15, 0.2) is 64.3 Å². The van der Waals surface area contributed by atoms with Crippen molar-refractivity contribution in [2.75, 3.05) is 31.1 Å². The second-order valence-electron chi connectivity index (χ2n) is 10.8. The van der Waals surface area contributed by atoms with Gasteiger partial charge >= 0.3 is 0 Å². The highest BCUT2D eigenvalue weighted by molar-refractivity contribution is 8.26. The molecule has 0 radical (unpaired) electrons. The number of amides is 1. The topological polar surface area (TPSA) is 72.6 Å². The number of rotatable bonds is 8. The summed E-state index contributed by atoms with van der Waals surface area (Å²) in [5.41, 5.74) is 4.62. The van der Waals surface area contributed by atoms with Gasteiger partial charge in [0.1, 0.15) is 21.8 Å². The Balaban J connectivity index is 1.49. The fourth-order valence-corrected chi connectivity index (χ4v) is 6.76. The summed E-state index contributed by atoms with van der Waals surface area (Å²) in [5.74, 6) is 0.622. The van der Waals surface area contributed by atoms with Crippen LogP contribution >= 0.6 is 24.0 Å². The smallest absolute Gasteiger partial charge is 0.270 e. The summed E-state index contributed by atoms with van der Waals surface area (Å²) >= 11 is 6.91. The van der Waals surface area contributed by atoms with E-state index in [1.807, 2.05) is 57.2 Å². The van der Waals surface area contributed by atoms with E-state index in [0.29, 0.717) is 27.9 Å². The highest BCUT2D eigenvalue weighted by Crippen LogP contribution is 2.37. The third-order valence-electron chi connectivity index (χ3n) is 7.82. The van der Waals surface area contributed by atoms with Gasteiger partial charge in [-0.05, 0) is 43.0 Å². The number of aryl methyl sites for hydroxylation is 1. The van der Waals surface area contributed by atoms with Gasteiger partial charge in [-0.25, -0.2) is 0 Å². The summed E-state index contributed by atoms with van der Waals surface area (Å²) in [4.78, 5) is 34.0. The van der Waals surface area contributed by atoms with Crippen molar-refractivity contribution in [2.24, 2.45) is 0 Å². The van der Waals surface area contributed by atoms with Crippen LogP contribution in [0.2, 0.25) is 0 Å². The standard InChI is InChI=1S/C33H35N5O2S2/c1-4-14-37-30(36-17-15-35(16-18-36)21-25-8-6-5-7-9-25)27(24(3)28(20-34)31(37)39)19-29-32(40)38(33(41)42-29)22-26-12-10-23(2)11-13-26/h5-13,19H,4,14-18,21-22H2,1-3H3/b29-19+. The van der Waals surface area contributed by atoms with E-state index in [4.69, 9.17) is 12.2 Å². The molecule has 1 amide bonds. The summed E-state index contributed by atoms with van der Waals surface area (Å²) in [7, 11) is 0. The SMILES string of the molecule is CCCn1c(N2CCN(Cc3ccccc3)CC2)c(/C=C2/SC(=S)N(Cc3ccc(C)cc3)C2=O)c(C)c(C#N)c1=O. The van der Waals surface area contributed by atoms with Gasteiger partial charge < -0.3 is 4.90 Å². The zero-order valence-corrected chi connectivity index (χ0v) is 25.9. The van der Waals surface area contributed by atoms with Crippen LogP contribution in [0.1, 0.15) is 46.7 Å². The first-order chi connectivity index (χ1) is 20.3. The number of nitrogens with zero attached hydrogens (tertiary/aromatic N) is 5. The Hall–Kier alpha value is -3.71. The minimum absolute atomic E-state index is 0.122. The molecular weight excluding hydrogens is 563 g/mol. The number of carbonyl (C=O) groups is 1. The van der Waals surface area contributed by atoms with Crippen molar-refractivity contribution in [2.45, 2.75) is 46.8 Å². The number of hydrogen-bond donors (Lipinski definition) is 0. The molecule has 2 aliphatic heterocycles. The number of nitriles is 1. The zero-order valence-electron chi connectivity index (χ0n) is 24.3. The van der Waals surface area contributed by atoms with Gasteiger partial charge in [0.15, 0.2) is 0 Å². The molecule has 2 saturated heterocycles. The lowest BCUT2D eigenvalue weighted by molar-refractivity contribution is -0.122. The minimum atomic E-state index is -0.275. The van der Waals surface area contributed by atoms with E-state index < -0.39 is 0 Å². The molecule has 0 bridgehead atoms. The second-order valence-corrected chi connectivity index (χ2v) is 12.5. The van der Waals surface area contributed by atoms with E-state index in [1.165, 1.54) is 17.3 Å². The largest absolute Gasteiger partial charge is 0.355 e. The van der Waals surface area contributed by atoms with Gasteiger partial charge in [0.2, 0.25) is 0 Å².